The SMILES string of the molecule is C.COc1cc(OC)cc(N2CCN(C(=O)c3ccnc4ccccc34)CC2)c1.COc1cc(OC)cc(N2CCNCC2)c1.O=C(O)c1ccnc2ccccc12. The van der Waals surface area contributed by atoms with Crippen LogP contribution in [0.5, 0.6) is 23.0 Å². The molecule has 1 amide bonds. The number of amides is 1. The van der Waals surface area contributed by atoms with Crippen molar-refractivity contribution in [3.63, 3.8) is 0 Å². The van der Waals surface area contributed by atoms with Gasteiger partial charge in [-0.1, -0.05) is 43.8 Å². The minimum absolute atomic E-state index is 0. The van der Waals surface area contributed by atoms with Crippen molar-refractivity contribution in [2.75, 3.05) is 90.6 Å². The quantitative estimate of drug-likeness (QED) is 0.166. The largest absolute Gasteiger partial charge is 0.497 e. The van der Waals surface area contributed by atoms with Crippen molar-refractivity contribution >= 4 is 45.1 Å². The zero-order valence-corrected chi connectivity index (χ0v) is 32.7. The van der Waals surface area contributed by atoms with Gasteiger partial charge in [0.1, 0.15) is 23.0 Å². The molecule has 58 heavy (non-hydrogen) atoms. The van der Waals surface area contributed by atoms with Crippen LogP contribution in [0.3, 0.4) is 0 Å². The summed E-state index contributed by atoms with van der Waals surface area (Å²) in [6, 6.07) is 30.1. The Balaban J connectivity index is 0.000000181. The zero-order valence-electron chi connectivity index (χ0n) is 32.7. The van der Waals surface area contributed by atoms with Crippen molar-refractivity contribution in [1.29, 1.82) is 0 Å². The van der Waals surface area contributed by atoms with Crippen LogP contribution < -0.4 is 34.1 Å². The van der Waals surface area contributed by atoms with Gasteiger partial charge < -0.3 is 44.1 Å². The summed E-state index contributed by atoms with van der Waals surface area (Å²) in [4.78, 5) is 38.8. The number of fused-ring (bicyclic) bond motifs is 2. The average Bonchev–Trinajstić information content (AvgIpc) is 3.28. The molecular weight excluding hydrogens is 737 g/mol. The first kappa shape index (κ1) is 42.5. The van der Waals surface area contributed by atoms with Crippen LogP contribution in [-0.2, 0) is 0 Å². The van der Waals surface area contributed by atoms with E-state index in [2.05, 4.69) is 25.1 Å². The first-order chi connectivity index (χ1) is 27.8. The van der Waals surface area contributed by atoms with Crippen molar-refractivity contribution in [3.05, 3.63) is 121 Å². The van der Waals surface area contributed by atoms with E-state index in [1.807, 2.05) is 77.7 Å². The number of carboxylic acid groups (broad SMARTS) is 1. The van der Waals surface area contributed by atoms with Gasteiger partial charge in [-0.2, -0.15) is 0 Å². The van der Waals surface area contributed by atoms with Crippen molar-refractivity contribution < 1.29 is 33.6 Å². The van der Waals surface area contributed by atoms with Gasteiger partial charge in [-0.15, -0.1) is 0 Å². The number of benzene rings is 4. The highest BCUT2D eigenvalue weighted by atomic mass is 16.5. The summed E-state index contributed by atoms with van der Waals surface area (Å²) >= 11 is 0. The maximum absolute atomic E-state index is 13.1. The molecule has 2 aliphatic heterocycles. The summed E-state index contributed by atoms with van der Waals surface area (Å²) in [6.45, 7) is 6.94. The summed E-state index contributed by atoms with van der Waals surface area (Å²) in [5, 5.41) is 13.8. The normalized spacial score (nSPS) is 13.6. The van der Waals surface area contributed by atoms with Crippen molar-refractivity contribution in [2.45, 2.75) is 7.43 Å². The number of piperazine rings is 2. The lowest BCUT2D eigenvalue weighted by molar-refractivity contribution is 0.0697. The summed E-state index contributed by atoms with van der Waals surface area (Å²) in [5.41, 5.74) is 4.76. The Labute approximate surface area is 339 Å². The number of anilines is 2. The van der Waals surface area contributed by atoms with Gasteiger partial charge in [-0.25, -0.2) is 4.79 Å². The molecule has 2 aromatic heterocycles. The number of carbonyl (C=O) groups is 2. The number of hydrogen-bond acceptors (Lipinski definition) is 11. The number of ether oxygens (including phenoxy) is 4. The first-order valence-electron chi connectivity index (χ1n) is 18.7. The van der Waals surface area contributed by atoms with Gasteiger partial charge in [0.15, 0.2) is 0 Å². The number of para-hydroxylation sites is 2. The van der Waals surface area contributed by atoms with E-state index in [9.17, 15) is 9.59 Å². The van der Waals surface area contributed by atoms with E-state index < -0.39 is 5.97 Å². The van der Waals surface area contributed by atoms with Gasteiger partial charge in [-0.05, 0) is 24.3 Å². The molecule has 4 aromatic carbocycles. The molecule has 0 radical (unpaired) electrons. The number of aromatic carboxylic acids is 1. The predicted molar refractivity (Wildman–Crippen MR) is 229 cm³/mol. The molecule has 0 atom stereocenters. The molecule has 304 valence electrons. The lowest BCUT2D eigenvalue weighted by Gasteiger charge is -2.36. The van der Waals surface area contributed by atoms with Crippen LogP contribution in [0.1, 0.15) is 28.1 Å². The number of nitrogens with one attached hydrogen (secondary N) is 1. The molecule has 4 heterocycles. The van der Waals surface area contributed by atoms with E-state index >= 15 is 0 Å². The van der Waals surface area contributed by atoms with Gasteiger partial charge in [0.2, 0.25) is 0 Å². The van der Waals surface area contributed by atoms with Crippen molar-refractivity contribution in [3.8, 4) is 23.0 Å². The van der Waals surface area contributed by atoms with Crippen LogP contribution in [0.25, 0.3) is 21.8 Å². The van der Waals surface area contributed by atoms with Gasteiger partial charge in [0.05, 0.1) is 50.6 Å². The van der Waals surface area contributed by atoms with Crippen molar-refractivity contribution in [2.24, 2.45) is 0 Å². The van der Waals surface area contributed by atoms with E-state index in [-0.39, 0.29) is 13.3 Å². The summed E-state index contributed by atoms with van der Waals surface area (Å²) in [6.07, 6.45) is 3.21. The molecule has 2 saturated heterocycles. The van der Waals surface area contributed by atoms with Crippen LogP contribution in [0, 0.1) is 0 Å². The molecule has 0 bridgehead atoms. The molecule has 2 N–H and O–H groups in total. The lowest BCUT2D eigenvalue weighted by atomic mass is 10.1. The Kier molecular flexibility index (Phi) is 15.1. The second-order valence-electron chi connectivity index (χ2n) is 13.2. The lowest BCUT2D eigenvalue weighted by Crippen LogP contribution is -2.48. The number of hydrogen-bond donors (Lipinski definition) is 2. The molecule has 0 spiro atoms. The highest BCUT2D eigenvalue weighted by Gasteiger charge is 2.24. The second-order valence-corrected chi connectivity index (χ2v) is 13.2. The number of nitrogens with zero attached hydrogens (tertiary/aromatic N) is 5. The first-order valence-corrected chi connectivity index (χ1v) is 18.7. The molecule has 13 nitrogen and oxygen atoms in total. The molecule has 0 unspecified atom stereocenters. The number of pyridine rings is 2. The summed E-state index contributed by atoms with van der Waals surface area (Å²) in [7, 11) is 6.65. The van der Waals surface area contributed by atoms with E-state index in [0.29, 0.717) is 35.1 Å². The molecule has 0 saturated carbocycles. The van der Waals surface area contributed by atoms with E-state index in [1.165, 1.54) is 12.3 Å². The van der Waals surface area contributed by atoms with Gasteiger partial charge in [-0.3, -0.25) is 14.8 Å². The standard InChI is InChI=1S/C22H23N3O3.C12H18N2O2.C10H7NO2.CH4/c1-27-17-13-16(14-18(15-17)28-2)24-9-11-25(12-10-24)22(26)20-7-8-23-21-6-4-3-5-19(20)21;1-15-11-7-10(8-12(9-11)16-2)14-5-3-13-4-6-14;12-10(13)8-5-6-11-9-4-2-1-3-7(8)9;/h3-8,13-15H,9-12H2,1-2H3;7-9,13H,3-6H2,1-2H3;1-6H,(H,12,13);1H4. The second kappa shape index (κ2) is 20.5. The fourth-order valence-electron chi connectivity index (χ4n) is 6.78. The Morgan fingerprint density at radius 1 is 0.569 bits per heavy atom. The van der Waals surface area contributed by atoms with Crippen LogP contribution in [0.4, 0.5) is 11.4 Å². The van der Waals surface area contributed by atoms with Gasteiger partial charge in [0, 0.05) is 123 Å². The highest BCUT2D eigenvalue weighted by molar-refractivity contribution is 6.06. The number of carboxylic acids is 1. The monoisotopic (exact) mass is 788 g/mol. The molecule has 6 aromatic rings. The minimum Gasteiger partial charge on any atom is -0.497 e. The Bertz CT molecular complexity index is 2240. The summed E-state index contributed by atoms with van der Waals surface area (Å²) < 4.78 is 21.3. The highest BCUT2D eigenvalue weighted by Crippen LogP contribution is 2.30. The minimum atomic E-state index is -0.918. The maximum atomic E-state index is 13.1. The third-order valence-corrected chi connectivity index (χ3v) is 9.85. The van der Waals surface area contributed by atoms with Crippen molar-refractivity contribution in [1.82, 2.24) is 20.2 Å². The average molecular weight is 789 g/mol. The van der Waals surface area contributed by atoms with Crippen LogP contribution in [0.15, 0.2) is 109 Å². The maximum Gasteiger partial charge on any atom is 0.336 e. The number of aromatic nitrogens is 2. The molecule has 2 fully saturated rings. The fourth-order valence-corrected chi connectivity index (χ4v) is 6.78. The Morgan fingerprint density at radius 3 is 1.43 bits per heavy atom. The predicted octanol–water partition coefficient (Wildman–Crippen LogP) is 6.90. The van der Waals surface area contributed by atoms with Crippen LogP contribution in [0.2, 0.25) is 0 Å². The molecular formula is C45H52N6O7. The molecule has 8 rings (SSSR count). The Hall–Kier alpha value is -6.60. The molecule has 0 aliphatic carbocycles. The zero-order chi connectivity index (χ0) is 40.1. The number of carbonyl (C=O) groups excluding carboxylic acids is 1. The topological polar surface area (TPSA) is 139 Å². The van der Waals surface area contributed by atoms with E-state index in [0.717, 1.165) is 84.5 Å². The smallest absolute Gasteiger partial charge is 0.336 e. The summed E-state index contributed by atoms with van der Waals surface area (Å²) in [5.74, 6) is 2.34. The third kappa shape index (κ3) is 10.4. The van der Waals surface area contributed by atoms with E-state index in [4.69, 9.17) is 24.1 Å². The van der Waals surface area contributed by atoms with Crippen LogP contribution >= 0.6 is 0 Å². The number of methoxy groups -OCH3 is 4. The number of rotatable bonds is 8. The molecule has 2 aliphatic rings. The van der Waals surface area contributed by atoms with Crippen LogP contribution in [-0.4, -0.2) is 113 Å². The Morgan fingerprint density at radius 2 is 0.983 bits per heavy atom. The third-order valence-electron chi connectivity index (χ3n) is 9.85. The fraction of sp³-hybridized carbons (Fsp3) is 0.289. The van der Waals surface area contributed by atoms with E-state index in [1.54, 1.807) is 52.8 Å². The molecule has 13 heteroatoms. The van der Waals surface area contributed by atoms with Gasteiger partial charge in [0.25, 0.3) is 5.91 Å². The van der Waals surface area contributed by atoms with Gasteiger partial charge >= 0.3 is 5.97 Å².